The third-order valence-corrected chi connectivity index (χ3v) is 3.62. The number of nitrogens with zero attached hydrogens (tertiary/aromatic N) is 1. The molecule has 0 saturated heterocycles. The van der Waals surface area contributed by atoms with Crippen LogP contribution in [0.4, 0.5) is 20.2 Å². The topological polar surface area (TPSA) is 55.2 Å². The van der Waals surface area contributed by atoms with Crippen molar-refractivity contribution in [2.75, 3.05) is 5.32 Å². The van der Waals surface area contributed by atoms with Gasteiger partial charge in [0.15, 0.2) is 17.3 Å². The number of rotatable bonds is 4. The van der Waals surface area contributed by atoms with Gasteiger partial charge >= 0.3 is 0 Å². The minimum absolute atomic E-state index is 0.124. The number of halogens is 3. The first-order valence-electron chi connectivity index (χ1n) is 5.08. The third-order valence-electron chi connectivity index (χ3n) is 2.33. The summed E-state index contributed by atoms with van der Waals surface area (Å²) in [7, 11) is 0. The van der Waals surface area contributed by atoms with Crippen molar-refractivity contribution in [1.29, 1.82) is 0 Å². The summed E-state index contributed by atoms with van der Waals surface area (Å²) in [4.78, 5) is 10.7. The molecule has 1 N–H and O–H groups in total. The maximum atomic E-state index is 13.6. The maximum absolute atomic E-state index is 13.6. The van der Waals surface area contributed by atoms with E-state index in [0.717, 1.165) is 17.0 Å². The Balaban J connectivity index is 2.28. The molecule has 0 spiro atoms. The van der Waals surface area contributed by atoms with Crippen molar-refractivity contribution in [2.24, 2.45) is 0 Å². The summed E-state index contributed by atoms with van der Waals surface area (Å²) in [6.07, 6.45) is 0. The Labute approximate surface area is 115 Å². The second-order valence-corrected chi connectivity index (χ2v) is 5.03. The lowest BCUT2D eigenvalue weighted by Gasteiger charge is -2.07. The Hall–Kier alpha value is -1.73. The molecule has 1 aromatic carbocycles. The van der Waals surface area contributed by atoms with E-state index in [-0.39, 0.29) is 6.54 Å². The fraction of sp³-hybridized carbons (Fsp3) is 0.0909. The standard InChI is InChI=1S/C11H7ClF2N2O2S/c12-6-3-7(19-5-6)4-15-11-9(16(17)18)2-1-8(13)10(11)14/h1-3,5,15H,4H2. The summed E-state index contributed by atoms with van der Waals surface area (Å²) in [6.45, 7) is 0.124. The average Bonchev–Trinajstić information content (AvgIpc) is 2.76. The molecule has 0 radical (unpaired) electrons. The SMILES string of the molecule is O=[N+]([O-])c1ccc(F)c(F)c1NCc1cc(Cl)cs1. The largest absolute Gasteiger partial charge is 0.372 e. The van der Waals surface area contributed by atoms with Gasteiger partial charge < -0.3 is 5.32 Å². The minimum atomic E-state index is -1.27. The van der Waals surface area contributed by atoms with Gasteiger partial charge in [0.2, 0.25) is 0 Å². The molecule has 8 heteroatoms. The van der Waals surface area contributed by atoms with Gasteiger partial charge in [-0.15, -0.1) is 11.3 Å². The monoisotopic (exact) mass is 304 g/mol. The number of nitrogens with one attached hydrogen (secondary N) is 1. The van der Waals surface area contributed by atoms with E-state index in [9.17, 15) is 18.9 Å². The molecule has 19 heavy (non-hydrogen) atoms. The lowest BCUT2D eigenvalue weighted by Crippen LogP contribution is -2.05. The van der Waals surface area contributed by atoms with E-state index in [1.165, 1.54) is 11.3 Å². The molecule has 0 fully saturated rings. The molecule has 1 aromatic heterocycles. The predicted molar refractivity (Wildman–Crippen MR) is 69.7 cm³/mol. The molecule has 2 aromatic rings. The van der Waals surface area contributed by atoms with Crippen LogP contribution in [0.1, 0.15) is 4.88 Å². The van der Waals surface area contributed by atoms with Crippen molar-refractivity contribution in [2.45, 2.75) is 6.54 Å². The van der Waals surface area contributed by atoms with Crippen molar-refractivity contribution in [3.63, 3.8) is 0 Å². The van der Waals surface area contributed by atoms with Crippen molar-refractivity contribution in [1.82, 2.24) is 0 Å². The van der Waals surface area contributed by atoms with Crippen LogP contribution < -0.4 is 5.32 Å². The molecule has 2 rings (SSSR count). The van der Waals surface area contributed by atoms with Crippen LogP contribution in [0.15, 0.2) is 23.6 Å². The molecule has 0 aliphatic heterocycles. The van der Waals surface area contributed by atoms with Gasteiger partial charge in [0, 0.05) is 22.9 Å². The van der Waals surface area contributed by atoms with Crippen molar-refractivity contribution in [3.8, 4) is 0 Å². The van der Waals surface area contributed by atoms with E-state index >= 15 is 0 Å². The average molecular weight is 305 g/mol. The van der Waals surface area contributed by atoms with Crippen LogP contribution in [0, 0.1) is 21.7 Å². The number of hydrogen-bond acceptors (Lipinski definition) is 4. The van der Waals surface area contributed by atoms with Gasteiger partial charge in [0.25, 0.3) is 5.69 Å². The zero-order valence-corrected chi connectivity index (χ0v) is 10.9. The van der Waals surface area contributed by atoms with Gasteiger partial charge in [0.05, 0.1) is 9.95 Å². The van der Waals surface area contributed by atoms with Gasteiger partial charge in [-0.3, -0.25) is 10.1 Å². The van der Waals surface area contributed by atoms with E-state index in [1.807, 2.05) is 0 Å². The molecule has 0 aliphatic carbocycles. The Bertz CT molecular complexity index is 633. The Morgan fingerprint density at radius 3 is 2.74 bits per heavy atom. The lowest BCUT2D eigenvalue weighted by molar-refractivity contribution is -0.384. The summed E-state index contributed by atoms with van der Waals surface area (Å²) >= 11 is 7.03. The zero-order valence-electron chi connectivity index (χ0n) is 9.32. The quantitative estimate of drug-likeness (QED) is 0.680. The van der Waals surface area contributed by atoms with E-state index in [4.69, 9.17) is 11.6 Å². The van der Waals surface area contributed by atoms with Crippen molar-refractivity contribution in [3.05, 3.63) is 55.2 Å². The normalized spacial score (nSPS) is 10.5. The summed E-state index contributed by atoms with van der Waals surface area (Å²) < 4.78 is 26.7. The van der Waals surface area contributed by atoms with Crippen LogP contribution in [0.2, 0.25) is 5.02 Å². The van der Waals surface area contributed by atoms with Crippen molar-refractivity contribution < 1.29 is 13.7 Å². The molecule has 0 aliphatic rings. The van der Waals surface area contributed by atoms with Crippen LogP contribution in [0.5, 0.6) is 0 Å². The fourth-order valence-electron chi connectivity index (χ4n) is 1.48. The summed E-state index contributed by atoms with van der Waals surface area (Å²) in [6, 6.07) is 3.28. The van der Waals surface area contributed by atoms with E-state index in [2.05, 4.69) is 5.32 Å². The second-order valence-electron chi connectivity index (χ2n) is 3.60. The van der Waals surface area contributed by atoms with E-state index < -0.39 is 27.9 Å². The first-order valence-corrected chi connectivity index (χ1v) is 6.34. The molecule has 0 bridgehead atoms. The minimum Gasteiger partial charge on any atom is -0.372 e. The van der Waals surface area contributed by atoms with Crippen molar-refractivity contribution >= 4 is 34.3 Å². The first kappa shape index (κ1) is 13.7. The number of hydrogen-bond donors (Lipinski definition) is 1. The predicted octanol–water partition coefficient (Wildman–Crippen LogP) is 4.20. The smallest absolute Gasteiger partial charge is 0.295 e. The highest BCUT2D eigenvalue weighted by Gasteiger charge is 2.21. The first-order chi connectivity index (χ1) is 8.99. The molecular formula is C11H7ClF2N2O2S. The Morgan fingerprint density at radius 2 is 2.16 bits per heavy atom. The number of nitro groups is 1. The van der Waals surface area contributed by atoms with E-state index in [1.54, 1.807) is 11.4 Å². The molecule has 0 atom stereocenters. The number of thiophene rings is 1. The fourth-order valence-corrected chi connectivity index (χ4v) is 2.50. The van der Waals surface area contributed by atoms with Gasteiger partial charge in [-0.25, -0.2) is 8.78 Å². The summed E-state index contributed by atoms with van der Waals surface area (Å²) in [5.74, 6) is -2.41. The molecule has 4 nitrogen and oxygen atoms in total. The number of benzene rings is 1. The molecule has 1 heterocycles. The maximum Gasteiger partial charge on any atom is 0.295 e. The molecule has 0 unspecified atom stereocenters. The summed E-state index contributed by atoms with van der Waals surface area (Å²) in [5, 5.41) is 15.5. The van der Waals surface area contributed by atoms with Crippen LogP contribution in [-0.4, -0.2) is 4.92 Å². The Morgan fingerprint density at radius 1 is 1.42 bits per heavy atom. The molecule has 0 saturated carbocycles. The van der Waals surface area contributed by atoms with Gasteiger partial charge in [0.1, 0.15) is 0 Å². The van der Waals surface area contributed by atoms with Crippen LogP contribution in [0.3, 0.4) is 0 Å². The van der Waals surface area contributed by atoms with E-state index in [0.29, 0.717) is 5.02 Å². The third kappa shape index (κ3) is 2.99. The molecular weight excluding hydrogens is 298 g/mol. The van der Waals surface area contributed by atoms with Crippen LogP contribution in [0.25, 0.3) is 0 Å². The van der Waals surface area contributed by atoms with Crippen LogP contribution in [-0.2, 0) is 6.54 Å². The lowest BCUT2D eigenvalue weighted by atomic mass is 10.2. The molecule has 100 valence electrons. The number of anilines is 1. The highest BCUT2D eigenvalue weighted by Crippen LogP contribution is 2.30. The Kier molecular flexibility index (Phi) is 3.96. The van der Waals surface area contributed by atoms with Gasteiger partial charge in [-0.05, 0) is 12.1 Å². The molecule has 0 amide bonds. The summed E-state index contributed by atoms with van der Waals surface area (Å²) in [5.41, 5.74) is -0.976. The van der Waals surface area contributed by atoms with Crippen LogP contribution >= 0.6 is 22.9 Å². The second kappa shape index (κ2) is 5.50. The van der Waals surface area contributed by atoms with Gasteiger partial charge in [-0.1, -0.05) is 11.6 Å². The van der Waals surface area contributed by atoms with Gasteiger partial charge in [-0.2, -0.15) is 0 Å². The number of nitro benzene ring substituents is 1. The zero-order chi connectivity index (χ0) is 14.0. The highest BCUT2D eigenvalue weighted by molar-refractivity contribution is 7.10. The highest BCUT2D eigenvalue weighted by atomic mass is 35.5.